The van der Waals surface area contributed by atoms with Crippen molar-refractivity contribution in [2.75, 3.05) is 16.8 Å². The van der Waals surface area contributed by atoms with Gasteiger partial charge in [-0.2, -0.15) is 5.26 Å². The maximum atomic E-state index is 12.2. The molecule has 0 radical (unpaired) electrons. The largest absolute Gasteiger partial charge is 0.324 e. The first-order valence-electron chi connectivity index (χ1n) is 6.94. The van der Waals surface area contributed by atoms with Gasteiger partial charge in [0, 0.05) is 18.3 Å². The number of nitrogens with one attached hydrogen (secondary N) is 1. The maximum absolute atomic E-state index is 12.2. The first-order chi connectivity index (χ1) is 11.4. The van der Waals surface area contributed by atoms with Crippen molar-refractivity contribution in [2.24, 2.45) is 0 Å². The molecule has 122 valence electrons. The molecule has 0 saturated carbocycles. The number of rotatable bonds is 4. The Morgan fingerprint density at radius 2 is 1.92 bits per heavy atom. The smallest absolute Gasteiger partial charge is 0.244 e. The molecular weight excluding hydrogens is 349 g/mol. The highest BCUT2D eigenvalue weighted by Gasteiger charge is 2.16. The molecular formula is C17H13Cl2N3O2. The fourth-order valence-electron chi connectivity index (χ4n) is 2.05. The molecule has 0 bridgehead atoms. The summed E-state index contributed by atoms with van der Waals surface area (Å²) in [5, 5.41) is 12.3. The van der Waals surface area contributed by atoms with E-state index in [4.69, 9.17) is 28.5 Å². The van der Waals surface area contributed by atoms with E-state index in [1.54, 1.807) is 36.4 Å². The summed E-state index contributed by atoms with van der Waals surface area (Å²) in [6.07, 6.45) is 0. The molecule has 2 aromatic carbocycles. The molecule has 0 aromatic heterocycles. The van der Waals surface area contributed by atoms with Gasteiger partial charge in [0.2, 0.25) is 11.8 Å². The summed E-state index contributed by atoms with van der Waals surface area (Å²) in [6.45, 7) is 1.16. The Morgan fingerprint density at radius 3 is 2.54 bits per heavy atom. The van der Waals surface area contributed by atoms with Crippen LogP contribution in [0.2, 0.25) is 10.0 Å². The molecule has 0 fully saturated rings. The highest BCUT2D eigenvalue weighted by molar-refractivity contribution is 6.42. The van der Waals surface area contributed by atoms with Gasteiger partial charge >= 0.3 is 0 Å². The summed E-state index contributed by atoms with van der Waals surface area (Å²) < 4.78 is 0. The van der Waals surface area contributed by atoms with Crippen LogP contribution >= 0.6 is 23.2 Å². The summed E-state index contributed by atoms with van der Waals surface area (Å²) >= 11 is 11.7. The summed E-state index contributed by atoms with van der Waals surface area (Å²) in [5.41, 5.74) is 1.36. The number of nitrogens with zero attached hydrogens (tertiary/aromatic N) is 2. The average Bonchev–Trinajstić information content (AvgIpc) is 2.56. The Kier molecular flexibility index (Phi) is 5.80. The van der Waals surface area contributed by atoms with E-state index in [1.807, 2.05) is 6.07 Å². The predicted octanol–water partition coefficient (Wildman–Crippen LogP) is 3.86. The van der Waals surface area contributed by atoms with Crippen LogP contribution < -0.4 is 10.2 Å². The van der Waals surface area contributed by atoms with Gasteiger partial charge in [0.25, 0.3) is 0 Å². The second-order valence-corrected chi connectivity index (χ2v) is 5.76. The molecule has 2 amide bonds. The maximum Gasteiger partial charge on any atom is 0.244 e. The van der Waals surface area contributed by atoms with Crippen molar-refractivity contribution < 1.29 is 9.59 Å². The van der Waals surface area contributed by atoms with Gasteiger partial charge in [0.05, 0.1) is 21.7 Å². The second-order valence-electron chi connectivity index (χ2n) is 4.94. The van der Waals surface area contributed by atoms with Crippen molar-refractivity contribution >= 4 is 46.4 Å². The summed E-state index contributed by atoms with van der Waals surface area (Å²) in [4.78, 5) is 25.3. The van der Waals surface area contributed by atoms with Crippen molar-refractivity contribution in [3.8, 4) is 6.07 Å². The van der Waals surface area contributed by atoms with Crippen LogP contribution in [0.4, 0.5) is 11.4 Å². The van der Waals surface area contributed by atoms with E-state index in [2.05, 4.69) is 5.32 Å². The van der Waals surface area contributed by atoms with Crippen LogP contribution in [0.5, 0.6) is 0 Å². The van der Waals surface area contributed by atoms with Gasteiger partial charge in [-0.1, -0.05) is 29.3 Å². The van der Waals surface area contributed by atoms with Crippen molar-refractivity contribution in [1.82, 2.24) is 0 Å². The van der Waals surface area contributed by atoms with E-state index in [0.29, 0.717) is 27.0 Å². The lowest BCUT2D eigenvalue weighted by Gasteiger charge is -2.21. The molecule has 2 aromatic rings. The lowest BCUT2D eigenvalue weighted by molar-refractivity contribution is -0.120. The highest BCUT2D eigenvalue weighted by atomic mass is 35.5. The van der Waals surface area contributed by atoms with E-state index in [-0.39, 0.29) is 12.5 Å². The van der Waals surface area contributed by atoms with Gasteiger partial charge in [-0.3, -0.25) is 9.59 Å². The van der Waals surface area contributed by atoms with E-state index in [9.17, 15) is 9.59 Å². The third-order valence-electron chi connectivity index (χ3n) is 3.17. The molecule has 5 nitrogen and oxygen atoms in total. The van der Waals surface area contributed by atoms with Gasteiger partial charge in [-0.25, -0.2) is 0 Å². The number of nitriles is 1. The topological polar surface area (TPSA) is 73.2 Å². The van der Waals surface area contributed by atoms with Crippen molar-refractivity contribution in [2.45, 2.75) is 6.92 Å². The second kappa shape index (κ2) is 7.82. The monoisotopic (exact) mass is 361 g/mol. The molecule has 0 aliphatic carbocycles. The number of anilines is 2. The van der Waals surface area contributed by atoms with Crippen LogP contribution in [0.3, 0.4) is 0 Å². The Hall–Kier alpha value is -2.55. The zero-order valence-electron chi connectivity index (χ0n) is 12.7. The quantitative estimate of drug-likeness (QED) is 0.898. The van der Waals surface area contributed by atoms with E-state index in [0.717, 1.165) is 0 Å². The molecule has 0 aliphatic rings. The molecule has 2 rings (SSSR count). The van der Waals surface area contributed by atoms with Gasteiger partial charge in [-0.05, 0) is 36.4 Å². The Bertz CT molecular complexity index is 831. The predicted molar refractivity (Wildman–Crippen MR) is 94.3 cm³/mol. The SMILES string of the molecule is CC(=O)N(CC(=O)Nc1ccc(Cl)c(Cl)c1)c1cccc(C#N)c1. The van der Waals surface area contributed by atoms with Gasteiger partial charge in [0.15, 0.2) is 0 Å². The minimum atomic E-state index is -0.397. The zero-order chi connectivity index (χ0) is 17.7. The van der Waals surface area contributed by atoms with Crippen LogP contribution in [0.1, 0.15) is 12.5 Å². The lowest BCUT2D eigenvalue weighted by atomic mass is 10.2. The summed E-state index contributed by atoms with van der Waals surface area (Å²) in [7, 11) is 0. The van der Waals surface area contributed by atoms with Crippen molar-refractivity contribution in [3.05, 3.63) is 58.1 Å². The molecule has 0 heterocycles. The number of carbonyl (C=O) groups is 2. The van der Waals surface area contributed by atoms with E-state index in [1.165, 1.54) is 17.9 Å². The Balaban J connectivity index is 2.15. The molecule has 7 heteroatoms. The van der Waals surface area contributed by atoms with Crippen molar-refractivity contribution in [3.63, 3.8) is 0 Å². The lowest BCUT2D eigenvalue weighted by Crippen LogP contribution is -2.36. The first-order valence-corrected chi connectivity index (χ1v) is 7.69. The van der Waals surface area contributed by atoms with Crippen LogP contribution in [-0.2, 0) is 9.59 Å². The molecule has 0 aliphatic heterocycles. The number of amides is 2. The minimum absolute atomic E-state index is 0.190. The number of halogens is 2. The van der Waals surface area contributed by atoms with Gasteiger partial charge < -0.3 is 10.2 Å². The molecule has 0 spiro atoms. The summed E-state index contributed by atoms with van der Waals surface area (Å²) in [6, 6.07) is 13.2. The number of benzene rings is 2. The van der Waals surface area contributed by atoms with Crippen LogP contribution in [0.25, 0.3) is 0 Å². The van der Waals surface area contributed by atoms with Crippen LogP contribution in [0.15, 0.2) is 42.5 Å². The minimum Gasteiger partial charge on any atom is -0.324 e. The number of hydrogen-bond donors (Lipinski definition) is 1. The Morgan fingerprint density at radius 1 is 1.17 bits per heavy atom. The summed E-state index contributed by atoms with van der Waals surface area (Å²) in [5.74, 6) is -0.708. The third kappa shape index (κ3) is 4.48. The van der Waals surface area contributed by atoms with Crippen LogP contribution in [-0.4, -0.2) is 18.4 Å². The first kappa shape index (κ1) is 17.8. The Labute approximate surface area is 149 Å². The fourth-order valence-corrected chi connectivity index (χ4v) is 2.34. The standard InChI is InChI=1S/C17H13Cl2N3O2/c1-11(23)22(14-4-2-3-12(7-14)9-20)10-17(24)21-13-5-6-15(18)16(19)8-13/h2-8H,10H2,1H3,(H,21,24). The number of carbonyl (C=O) groups excluding carboxylic acids is 2. The van der Waals surface area contributed by atoms with E-state index < -0.39 is 5.91 Å². The normalized spacial score (nSPS) is 9.92. The fraction of sp³-hybridized carbons (Fsp3) is 0.118. The highest BCUT2D eigenvalue weighted by Crippen LogP contribution is 2.25. The average molecular weight is 362 g/mol. The van der Waals surface area contributed by atoms with E-state index >= 15 is 0 Å². The zero-order valence-corrected chi connectivity index (χ0v) is 14.2. The molecule has 0 saturated heterocycles. The molecule has 24 heavy (non-hydrogen) atoms. The molecule has 0 unspecified atom stereocenters. The number of hydrogen-bond acceptors (Lipinski definition) is 3. The van der Waals surface area contributed by atoms with Gasteiger partial charge in [0.1, 0.15) is 6.54 Å². The molecule has 0 atom stereocenters. The van der Waals surface area contributed by atoms with Crippen molar-refractivity contribution in [1.29, 1.82) is 5.26 Å². The van der Waals surface area contributed by atoms with Crippen LogP contribution in [0, 0.1) is 11.3 Å². The van der Waals surface area contributed by atoms with Gasteiger partial charge in [-0.15, -0.1) is 0 Å². The molecule has 1 N–H and O–H groups in total. The third-order valence-corrected chi connectivity index (χ3v) is 3.91.